The van der Waals surface area contributed by atoms with Gasteiger partial charge in [-0.3, -0.25) is 0 Å². The molecule has 20 heavy (non-hydrogen) atoms. The largest absolute Gasteiger partial charge is 0.494 e. The molecular weight excluding hydrogens is 254 g/mol. The van der Waals surface area contributed by atoms with E-state index in [2.05, 4.69) is 21.9 Å². The molecule has 1 saturated carbocycles. The Morgan fingerprint density at radius 2 is 2.10 bits per heavy atom. The zero-order chi connectivity index (χ0) is 14.3. The van der Waals surface area contributed by atoms with Crippen molar-refractivity contribution in [3.8, 4) is 5.75 Å². The fraction of sp³-hybridized carbons (Fsp3) is 0.357. The quantitative estimate of drug-likeness (QED) is 0.657. The number of para-hydroxylation sites is 1. The smallest absolute Gasteiger partial charge is 0.222 e. The second-order valence-corrected chi connectivity index (χ2v) is 5.32. The highest BCUT2D eigenvalue weighted by atomic mass is 16.5. The number of methoxy groups -OCH3 is 1. The van der Waals surface area contributed by atoms with Crippen LogP contribution in [0.1, 0.15) is 19.8 Å². The number of hydrogen-bond acceptors (Lipinski definition) is 5. The lowest BCUT2D eigenvalue weighted by Crippen LogP contribution is -2.22. The number of aromatic nitrogens is 2. The van der Waals surface area contributed by atoms with Gasteiger partial charge in [-0.15, -0.1) is 0 Å². The lowest BCUT2D eigenvalue weighted by molar-refractivity contribution is 0.419. The van der Waals surface area contributed by atoms with Crippen molar-refractivity contribution in [1.29, 1.82) is 0 Å². The molecule has 0 spiro atoms. The maximum atomic E-state index is 6.07. The molecule has 0 amide bonds. The number of hydrogen-bond donors (Lipinski definition) is 2. The Balaban J connectivity index is 2.20. The van der Waals surface area contributed by atoms with Gasteiger partial charge in [0.15, 0.2) is 5.82 Å². The first-order valence-electron chi connectivity index (χ1n) is 6.48. The molecule has 1 aliphatic carbocycles. The summed E-state index contributed by atoms with van der Waals surface area (Å²) in [6.45, 7) is 2.10. The first-order chi connectivity index (χ1) is 9.53. The summed E-state index contributed by atoms with van der Waals surface area (Å²) in [6.07, 6.45) is 2.12. The lowest BCUT2D eigenvalue weighted by atomic mass is 10.1. The van der Waals surface area contributed by atoms with E-state index < -0.39 is 0 Å². The van der Waals surface area contributed by atoms with E-state index in [1.807, 2.05) is 18.2 Å². The van der Waals surface area contributed by atoms with Crippen LogP contribution in [-0.2, 0) is 0 Å². The first kappa shape index (κ1) is 12.7. The van der Waals surface area contributed by atoms with E-state index in [0.717, 1.165) is 18.2 Å². The number of nitrogens with zero attached hydrogens (tertiary/aromatic N) is 3. The standard InChI is InChI=1S/C14H17N5O/c1-14(6-7-14)12(15)18-11-8-4-3-5-9(20-2)10(8)17-13(16)19-11/h3-5H,6-7H2,1-2H3,(H4,15,16,17,18,19). The summed E-state index contributed by atoms with van der Waals surface area (Å²) in [5.41, 5.74) is 12.5. The Morgan fingerprint density at radius 3 is 2.75 bits per heavy atom. The SMILES string of the molecule is COc1cccc2c(N=C(N)C3(C)CC3)nc(N)nc12. The van der Waals surface area contributed by atoms with E-state index in [-0.39, 0.29) is 11.4 Å². The number of anilines is 1. The van der Waals surface area contributed by atoms with Gasteiger partial charge in [0.05, 0.1) is 7.11 Å². The molecule has 1 aromatic carbocycles. The van der Waals surface area contributed by atoms with Gasteiger partial charge < -0.3 is 16.2 Å². The summed E-state index contributed by atoms with van der Waals surface area (Å²) >= 11 is 0. The molecule has 1 fully saturated rings. The van der Waals surface area contributed by atoms with Crippen LogP contribution in [0, 0.1) is 5.41 Å². The van der Waals surface area contributed by atoms with E-state index in [0.29, 0.717) is 22.9 Å². The number of benzene rings is 1. The molecule has 0 atom stereocenters. The van der Waals surface area contributed by atoms with Crippen molar-refractivity contribution in [2.45, 2.75) is 19.8 Å². The third-order valence-corrected chi connectivity index (χ3v) is 3.75. The number of fused-ring (bicyclic) bond motifs is 1. The van der Waals surface area contributed by atoms with E-state index in [4.69, 9.17) is 16.2 Å². The van der Waals surface area contributed by atoms with E-state index in [1.54, 1.807) is 7.11 Å². The van der Waals surface area contributed by atoms with Crippen LogP contribution in [0.15, 0.2) is 23.2 Å². The molecule has 0 saturated heterocycles. The van der Waals surface area contributed by atoms with Crippen LogP contribution in [-0.4, -0.2) is 22.9 Å². The average molecular weight is 271 g/mol. The molecule has 4 N–H and O–H groups in total. The normalized spacial score (nSPS) is 17.2. The van der Waals surface area contributed by atoms with Crippen molar-refractivity contribution >= 4 is 28.5 Å². The zero-order valence-electron chi connectivity index (χ0n) is 11.6. The molecule has 6 heteroatoms. The van der Waals surface area contributed by atoms with E-state index >= 15 is 0 Å². The maximum Gasteiger partial charge on any atom is 0.222 e. The number of amidine groups is 1. The van der Waals surface area contributed by atoms with Crippen LogP contribution >= 0.6 is 0 Å². The van der Waals surface area contributed by atoms with Crippen LogP contribution in [0.3, 0.4) is 0 Å². The Morgan fingerprint density at radius 1 is 1.35 bits per heavy atom. The predicted molar refractivity (Wildman–Crippen MR) is 79.1 cm³/mol. The summed E-state index contributed by atoms with van der Waals surface area (Å²) < 4.78 is 5.30. The van der Waals surface area contributed by atoms with Crippen molar-refractivity contribution < 1.29 is 4.74 Å². The molecular formula is C14H17N5O. The molecule has 0 radical (unpaired) electrons. The highest BCUT2D eigenvalue weighted by Crippen LogP contribution is 2.45. The van der Waals surface area contributed by atoms with Gasteiger partial charge in [-0.2, -0.15) is 4.98 Å². The molecule has 2 aromatic rings. The predicted octanol–water partition coefficient (Wildman–Crippen LogP) is 2.01. The Hall–Kier alpha value is -2.37. The first-order valence-corrected chi connectivity index (χ1v) is 6.48. The van der Waals surface area contributed by atoms with E-state index in [1.165, 1.54) is 0 Å². The number of rotatable bonds is 3. The molecule has 0 unspecified atom stereocenters. The molecule has 6 nitrogen and oxygen atoms in total. The van der Waals surface area contributed by atoms with Gasteiger partial charge in [0, 0.05) is 10.8 Å². The highest BCUT2D eigenvalue weighted by Gasteiger charge is 2.41. The minimum Gasteiger partial charge on any atom is -0.494 e. The maximum absolute atomic E-state index is 6.07. The van der Waals surface area contributed by atoms with Crippen LogP contribution in [0.2, 0.25) is 0 Å². The number of nitrogens with two attached hydrogens (primary N) is 2. The monoisotopic (exact) mass is 271 g/mol. The Bertz CT molecular complexity index is 706. The molecule has 1 aliphatic rings. The average Bonchev–Trinajstić information content (AvgIpc) is 3.17. The topological polar surface area (TPSA) is 99.4 Å². The van der Waals surface area contributed by atoms with Crippen molar-refractivity contribution in [1.82, 2.24) is 9.97 Å². The third-order valence-electron chi connectivity index (χ3n) is 3.75. The summed E-state index contributed by atoms with van der Waals surface area (Å²) in [7, 11) is 1.59. The second-order valence-electron chi connectivity index (χ2n) is 5.32. The van der Waals surface area contributed by atoms with Gasteiger partial charge >= 0.3 is 0 Å². The van der Waals surface area contributed by atoms with Crippen molar-refractivity contribution in [2.75, 3.05) is 12.8 Å². The van der Waals surface area contributed by atoms with Crippen LogP contribution < -0.4 is 16.2 Å². The number of ether oxygens (including phenoxy) is 1. The minimum absolute atomic E-state index is 0.00486. The van der Waals surface area contributed by atoms with Crippen molar-refractivity contribution in [2.24, 2.45) is 16.1 Å². The van der Waals surface area contributed by atoms with Gasteiger partial charge in [-0.05, 0) is 25.0 Å². The molecule has 0 aliphatic heterocycles. The van der Waals surface area contributed by atoms with Crippen molar-refractivity contribution in [3.05, 3.63) is 18.2 Å². The molecule has 0 bridgehead atoms. The summed E-state index contributed by atoms with van der Waals surface area (Å²) in [6, 6.07) is 5.58. The Labute approximate surface area is 116 Å². The van der Waals surface area contributed by atoms with Crippen LogP contribution in [0.5, 0.6) is 5.75 Å². The minimum atomic E-state index is 0.00486. The number of aliphatic imine (C=N–C) groups is 1. The second kappa shape index (κ2) is 4.33. The van der Waals surface area contributed by atoms with Gasteiger partial charge in [0.2, 0.25) is 5.95 Å². The van der Waals surface area contributed by atoms with Gasteiger partial charge in [0.1, 0.15) is 17.1 Å². The summed E-state index contributed by atoms with van der Waals surface area (Å²) in [5.74, 6) is 1.90. The number of nitrogen functional groups attached to an aromatic ring is 1. The fourth-order valence-electron chi connectivity index (χ4n) is 2.07. The van der Waals surface area contributed by atoms with Crippen LogP contribution in [0.4, 0.5) is 11.8 Å². The third kappa shape index (κ3) is 2.03. The zero-order valence-corrected chi connectivity index (χ0v) is 11.6. The Kier molecular flexibility index (Phi) is 2.74. The summed E-state index contributed by atoms with van der Waals surface area (Å²) in [4.78, 5) is 12.9. The van der Waals surface area contributed by atoms with E-state index in [9.17, 15) is 0 Å². The van der Waals surface area contributed by atoms with Crippen LogP contribution in [0.25, 0.3) is 10.9 Å². The summed E-state index contributed by atoms with van der Waals surface area (Å²) in [5, 5.41) is 0.783. The van der Waals surface area contributed by atoms with Gasteiger partial charge in [-0.1, -0.05) is 13.0 Å². The molecule has 1 heterocycles. The lowest BCUT2D eigenvalue weighted by Gasteiger charge is -2.10. The molecule has 1 aromatic heterocycles. The van der Waals surface area contributed by atoms with Gasteiger partial charge in [0.25, 0.3) is 0 Å². The van der Waals surface area contributed by atoms with Crippen molar-refractivity contribution in [3.63, 3.8) is 0 Å². The fourth-order valence-corrected chi connectivity index (χ4v) is 2.07. The molecule has 3 rings (SSSR count). The highest BCUT2D eigenvalue weighted by molar-refractivity contribution is 5.97. The molecule has 104 valence electrons. The van der Waals surface area contributed by atoms with Gasteiger partial charge in [-0.25, -0.2) is 9.98 Å².